The third kappa shape index (κ3) is 4.80. The van der Waals surface area contributed by atoms with Gasteiger partial charge in [0.25, 0.3) is 5.91 Å². The molecule has 0 spiro atoms. The summed E-state index contributed by atoms with van der Waals surface area (Å²) >= 11 is 1.17. The first-order chi connectivity index (χ1) is 12.9. The number of aromatic nitrogens is 1. The van der Waals surface area contributed by atoms with Crippen LogP contribution >= 0.6 is 11.3 Å². The van der Waals surface area contributed by atoms with E-state index < -0.39 is 0 Å². The minimum atomic E-state index is -0.322. The highest BCUT2D eigenvalue weighted by Crippen LogP contribution is 2.31. The Morgan fingerprint density at radius 1 is 1.07 bits per heavy atom. The van der Waals surface area contributed by atoms with Crippen LogP contribution in [0.1, 0.15) is 27.7 Å². The molecule has 6 heteroatoms. The summed E-state index contributed by atoms with van der Waals surface area (Å²) in [4.78, 5) is 29.1. The number of hydrogen-bond donors (Lipinski definition) is 1. The number of ether oxygens (including phenoxy) is 1. The molecule has 0 atom stereocenters. The topological polar surface area (TPSA) is 68.3 Å². The molecule has 0 saturated heterocycles. The number of benzene rings is 2. The summed E-state index contributed by atoms with van der Waals surface area (Å²) in [6.07, 6.45) is 0. The van der Waals surface area contributed by atoms with E-state index in [0.29, 0.717) is 21.5 Å². The summed E-state index contributed by atoms with van der Waals surface area (Å²) in [5.74, 6) is 0.243. The Hall–Kier alpha value is -2.99. The van der Waals surface area contributed by atoms with Gasteiger partial charge >= 0.3 is 0 Å². The first-order valence-corrected chi connectivity index (χ1v) is 9.32. The van der Waals surface area contributed by atoms with Crippen molar-refractivity contribution in [2.45, 2.75) is 20.8 Å². The summed E-state index contributed by atoms with van der Waals surface area (Å²) < 4.78 is 5.57. The van der Waals surface area contributed by atoms with Crippen molar-refractivity contribution in [3.8, 4) is 17.0 Å². The Kier molecular flexibility index (Phi) is 5.66. The van der Waals surface area contributed by atoms with Crippen molar-refractivity contribution in [1.29, 1.82) is 0 Å². The van der Waals surface area contributed by atoms with Crippen molar-refractivity contribution in [1.82, 2.24) is 4.98 Å². The highest BCUT2D eigenvalue weighted by Gasteiger charge is 2.18. The smallest absolute Gasteiger partial charge is 0.264 e. The van der Waals surface area contributed by atoms with Crippen LogP contribution in [0.4, 0.5) is 5.13 Å². The lowest BCUT2D eigenvalue weighted by Gasteiger charge is -2.07. The number of thiazole rings is 1. The molecule has 0 bridgehead atoms. The molecule has 0 aliphatic carbocycles. The highest BCUT2D eigenvalue weighted by atomic mass is 32.1. The van der Waals surface area contributed by atoms with E-state index in [-0.39, 0.29) is 18.3 Å². The van der Waals surface area contributed by atoms with Crippen LogP contribution in [0.25, 0.3) is 11.3 Å². The number of carbonyl (C=O) groups excluding carboxylic acids is 2. The number of hydrogen-bond acceptors (Lipinski definition) is 5. The second-order valence-electron chi connectivity index (χ2n) is 6.28. The fourth-order valence-electron chi connectivity index (χ4n) is 2.72. The molecule has 3 rings (SSSR count). The number of anilines is 1. The molecule has 0 aliphatic rings. The average molecular weight is 380 g/mol. The summed E-state index contributed by atoms with van der Waals surface area (Å²) in [5, 5.41) is 3.10. The second kappa shape index (κ2) is 8.14. The second-order valence-corrected chi connectivity index (χ2v) is 7.28. The molecule has 0 fully saturated rings. The Labute approximate surface area is 162 Å². The van der Waals surface area contributed by atoms with E-state index in [2.05, 4.69) is 10.3 Å². The minimum Gasteiger partial charge on any atom is -0.484 e. The average Bonchev–Trinajstić information content (AvgIpc) is 3.04. The molecule has 138 valence electrons. The largest absolute Gasteiger partial charge is 0.484 e. The number of amides is 1. The molecule has 0 aliphatic heterocycles. The van der Waals surface area contributed by atoms with Crippen LogP contribution in [0.2, 0.25) is 0 Å². The van der Waals surface area contributed by atoms with Gasteiger partial charge in [-0.15, -0.1) is 0 Å². The van der Waals surface area contributed by atoms with Gasteiger partial charge in [-0.25, -0.2) is 4.98 Å². The maximum atomic E-state index is 12.2. The van der Waals surface area contributed by atoms with Crippen molar-refractivity contribution in [2.75, 3.05) is 11.9 Å². The molecule has 0 unspecified atom stereocenters. The van der Waals surface area contributed by atoms with Gasteiger partial charge in [-0.05, 0) is 37.1 Å². The molecule has 0 saturated carbocycles. The fourth-order valence-corrected chi connectivity index (χ4v) is 3.62. The van der Waals surface area contributed by atoms with E-state index in [1.807, 2.05) is 62.4 Å². The van der Waals surface area contributed by atoms with Crippen LogP contribution in [0.5, 0.6) is 5.75 Å². The third-order valence-electron chi connectivity index (χ3n) is 3.81. The van der Waals surface area contributed by atoms with E-state index in [1.54, 1.807) is 0 Å². The number of ketones is 1. The molecule has 1 N–H and O–H groups in total. The maximum Gasteiger partial charge on any atom is 0.264 e. The number of carbonyl (C=O) groups is 2. The molecule has 5 nitrogen and oxygen atoms in total. The fraction of sp³-hybridized carbons (Fsp3) is 0.190. The van der Waals surface area contributed by atoms with Gasteiger partial charge in [0, 0.05) is 12.5 Å². The standard InChI is InChI=1S/C21H20N2O3S/c1-13-9-14(2)11-17(10-13)26-12-18(25)22-21-23-19(20(27-21)15(3)24)16-7-5-4-6-8-16/h4-11H,12H2,1-3H3,(H,22,23,25). The lowest BCUT2D eigenvalue weighted by Crippen LogP contribution is -2.20. The van der Waals surface area contributed by atoms with Crippen LogP contribution in [0.3, 0.4) is 0 Å². The molecule has 2 aromatic carbocycles. The zero-order chi connectivity index (χ0) is 19.4. The van der Waals surface area contributed by atoms with E-state index >= 15 is 0 Å². The van der Waals surface area contributed by atoms with Gasteiger partial charge in [-0.1, -0.05) is 47.7 Å². The number of Topliss-reactive ketones (excluding diaryl/α,β-unsaturated/α-hetero) is 1. The van der Waals surface area contributed by atoms with Gasteiger partial charge in [0.15, 0.2) is 17.5 Å². The van der Waals surface area contributed by atoms with Crippen molar-refractivity contribution < 1.29 is 14.3 Å². The van der Waals surface area contributed by atoms with Crippen molar-refractivity contribution in [3.63, 3.8) is 0 Å². The molecule has 1 amide bonds. The van der Waals surface area contributed by atoms with Crippen molar-refractivity contribution in [3.05, 3.63) is 64.5 Å². The molecule has 1 aromatic heterocycles. The lowest BCUT2D eigenvalue weighted by molar-refractivity contribution is -0.118. The van der Waals surface area contributed by atoms with E-state index in [4.69, 9.17) is 4.74 Å². The molecule has 3 aromatic rings. The first-order valence-electron chi connectivity index (χ1n) is 8.50. The van der Waals surface area contributed by atoms with Crippen LogP contribution < -0.4 is 10.1 Å². The lowest BCUT2D eigenvalue weighted by atomic mass is 10.1. The Balaban J connectivity index is 1.71. The Bertz CT molecular complexity index is 960. The predicted octanol–water partition coefficient (Wildman–Crippen LogP) is 4.65. The van der Waals surface area contributed by atoms with E-state index in [9.17, 15) is 9.59 Å². The number of aryl methyl sites for hydroxylation is 2. The summed E-state index contributed by atoms with van der Waals surface area (Å²) in [6, 6.07) is 15.2. The quantitative estimate of drug-likeness (QED) is 0.632. The van der Waals surface area contributed by atoms with Gasteiger partial charge < -0.3 is 4.74 Å². The predicted molar refractivity (Wildman–Crippen MR) is 108 cm³/mol. The number of rotatable bonds is 6. The summed E-state index contributed by atoms with van der Waals surface area (Å²) in [6.45, 7) is 5.32. The zero-order valence-electron chi connectivity index (χ0n) is 15.4. The van der Waals surface area contributed by atoms with Crippen molar-refractivity contribution >= 4 is 28.2 Å². The minimum absolute atomic E-state index is 0.0849. The molecular weight excluding hydrogens is 360 g/mol. The van der Waals surface area contributed by atoms with Crippen molar-refractivity contribution in [2.24, 2.45) is 0 Å². The van der Waals surface area contributed by atoms with E-state index in [1.165, 1.54) is 18.3 Å². The first kappa shape index (κ1) is 18.8. The summed E-state index contributed by atoms with van der Waals surface area (Å²) in [7, 11) is 0. The van der Waals surface area contributed by atoms with Crippen LogP contribution in [-0.2, 0) is 4.79 Å². The van der Waals surface area contributed by atoms with Gasteiger partial charge in [0.1, 0.15) is 5.75 Å². The SMILES string of the molecule is CC(=O)c1sc(NC(=O)COc2cc(C)cc(C)c2)nc1-c1ccccc1. The molecular formula is C21H20N2O3S. The van der Waals surface area contributed by atoms with Gasteiger partial charge in [-0.3, -0.25) is 14.9 Å². The summed E-state index contributed by atoms with van der Waals surface area (Å²) in [5.41, 5.74) is 3.57. The van der Waals surface area contributed by atoms with Gasteiger partial charge in [-0.2, -0.15) is 0 Å². The molecule has 27 heavy (non-hydrogen) atoms. The molecule has 0 radical (unpaired) electrons. The highest BCUT2D eigenvalue weighted by molar-refractivity contribution is 7.18. The third-order valence-corrected chi connectivity index (χ3v) is 4.88. The van der Waals surface area contributed by atoms with Gasteiger partial charge in [0.2, 0.25) is 0 Å². The zero-order valence-corrected chi connectivity index (χ0v) is 16.2. The van der Waals surface area contributed by atoms with Crippen LogP contribution in [-0.4, -0.2) is 23.3 Å². The molecule has 1 heterocycles. The van der Waals surface area contributed by atoms with Crippen LogP contribution in [0.15, 0.2) is 48.5 Å². The normalized spacial score (nSPS) is 10.5. The van der Waals surface area contributed by atoms with E-state index in [0.717, 1.165) is 16.7 Å². The van der Waals surface area contributed by atoms with Crippen LogP contribution in [0, 0.1) is 13.8 Å². The Morgan fingerprint density at radius 3 is 2.37 bits per heavy atom. The van der Waals surface area contributed by atoms with Gasteiger partial charge in [0.05, 0.1) is 10.6 Å². The maximum absolute atomic E-state index is 12.2. The number of nitrogens with zero attached hydrogens (tertiary/aromatic N) is 1. The Morgan fingerprint density at radius 2 is 1.74 bits per heavy atom. The monoisotopic (exact) mass is 380 g/mol. The number of nitrogens with one attached hydrogen (secondary N) is 1.